The van der Waals surface area contributed by atoms with Crippen molar-refractivity contribution in [2.75, 3.05) is 26.2 Å². The molecule has 1 N–H and O–H groups in total. The third kappa shape index (κ3) is 3.58. The average Bonchev–Trinajstić information content (AvgIpc) is 2.88. The van der Waals surface area contributed by atoms with Gasteiger partial charge in [0.15, 0.2) is 0 Å². The summed E-state index contributed by atoms with van der Waals surface area (Å²) in [6, 6.07) is 3.16. The van der Waals surface area contributed by atoms with Crippen LogP contribution in [0.25, 0.3) is 0 Å². The Hall–Kier alpha value is -2.64. The minimum atomic E-state index is -0.502. The molecule has 0 bridgehead atoms. The Bertz CT molecular complexity index is 583. The van der Waals surface area contributed by atoms with E-state index in [-0.39, 0.29) is 31.0 Å². The predicted octanol–water partition coefficient (Wildman–Crippen LogP) is 0.00320. The van der Waals surface area contributed by atoms with Gasteiger partial charge in [-0.1, -0.05) is 0 Å². The van der Waals surface area contributed by atoms with Gasteiger partial charge in [0.25, 0.3) is 5.91 Å². The van der Waals surface area contributed by atoms with Crippen molar-refractivity contribution in [1.82, 2.24) is 20.1 Å². The van der Waals surface area contributed by atoms with Gasteiger partial charge in [0.2, 0.25) is 5.91 Å². The number of hydrogen-bond donors (Lipinski definition) is 1. The number of rotatable bonds is 4. The van der Waals surface area contributed by atoms with Crippen LogP contribution in [0.4, 0.5) is 4.79 Å². The highest BCUT2D eigenvalue weighted by atomic mass is 16.5. The average molecular weight is 318 g/mol. The lowest BCUT2D eigenvalue weighted by Crippen LogP contribution is -2.47. The van der Waals surface area contributed by atoms with E-state index in [0.717, 1.165) is 10.6 Å². The normalized spacial score (nSPS) is 19.0. The van der Waals surface area contributed by atoms with Crippen LogP contribution in [0.15, 0.2) is 24.5 Å². The first-order chi connectivity index (χ1) is 11.1. The van der Waals surface area contributed by atoms with E-state index < -0.39 is 6.03 Å². The van der Waals surface area contributed by atoms with Crippen LogP contribution in [0.2, 0.25) is 0 Å². The monoisotopic (exact) mass is 318 g/mol. The molecule has 23 heavy (non-hydrogen) atoms. The zero-order valence-corrected chi connectivity index (χ0v) is 12.6. The van der Waals surface area contributed by atoms with Gasteiger partial charge in [0.05, 0.1) is 12.7 Å². The molecular formula is C15H18N4O4. The predicted molar refractivity (Wildman–Crippen MR) is 79.6 cm³/mol. The molecule has 2 aliphatic rings. The lowest BCUT2D eigenvalue weighted by atomic mass is 10.1. The molecule has 2 fully saturated rings. The lowest BCUT2D eigenvalue weighted by Gasteiger charge is -2.32. The van der Waals surface area contributed by atoms with E-state index in [2.05, 4.69) is 10.3 Å². The molecule has 1 aromatic heterocycles. The van der Waals surface area contributed by atoms with Crippen molar-refractivity contribution in [2.24, 2.45) is 0 Å². The molecule has 1 aromatic rings. The fraction of sp³-hybridized carbons (Fsp3) is 0.467. The summed E-state index contributed by atoms with van der Waals surface area (Å²) < 4.78 is 5.82. The van der Waals surface area contributed by atoms with Crippen molar-refractivity contribution in [2.45, 2.75) is 18.9 Å². The number of urea groups is 1. The highest BCUT2D eigenvalue weighted by Gasteiger charge is 2.32. The lowest BCUT2D eigenvalue weighted by molar-refractivity contribution is -0.137. The number of likely N-dealkylation sites (tertiary alicyclic amines) is 1. The molecule has 3 rings (SSSR count). The van der Waals surface area contributed by atoms with Crippen LogP contribution in [0.5, 0.6) is 5.75 Å². The van der Waals surface area contributed by atoms with E-state index in [1.54, 1.807) is 17.3 Å². The minimum Gasteiger partial charge on any atom is -0.489 e. The summed E-state index contributed by atoms with van der Waals surface area (Å²) >= 11 is 0. The summed E-state index contributed by atoms with van der Waals surface area (Å²) in [5.74, 6) is 0.144. The molecule has 0 atom stereocenters. The van der Waals surface area contributed by atoms with E-state index in [9.17, 15) is 14.4 Å². The number of aromatic nitrogens is 1. The second kappa shape index (κ2) is 6.64. The molecule has 2 saturated heterocycles. The van der Waals surface area contributed by atoms with Crippen LogP contribution in [-0.2, 0) is 9.59 Å². The van der Waals surface area contributed by atoms with E-state index in [1.807, 2.05) is 12.1 Å². The molecule has 122 valence electrons. The van der Waals surface area contributed by atoms with Gasteiger partial charge in [-0.15, -0.1) is 0 Å². The summed E-state index contributed by atoms with van der Waals surface area (Å²) in [4.78, 5) is 41.8. The highest BCUT2D eigenvalue weighted by molar-refractivity contribution is 6.04. The zero-order valence-electron chi connectivity index (χ0n) is 12.6. The number of hydrogen-bond acceptors (Lipinski definition) is 5. The van der Waals surface area contributed by atoms with Crippen LogP contribution in [-0.4, -0.2) is 64.9 Å². The third-order valence-electron chi connectivity index (χ3n) is 3.96. The molecule has 8 heteroatoms. The Morgan fingerprint density at radius 2 is 2.13 bits per heavy atom. The first kappa shape index (κ1) is 15.3. The summed E-state index contributed by atoms with van der Waals surface area (Å²) in [7, 11) is 0. The second-order valence-electron chi connectivity index (χ2n) is 5.53. The second-order valence-corrected chi connectivity index (χ2v) is 5.53. The third-order valence-corrected chi connectivity index (χ3v) is 3.96. The summed E-state index contributed by atoms with van der Waals surface area (Å²) in [5.41, 5.74) is 0. The highest BCUT2D eigenvalue weighted by Crippen LogP contribution is 2.18. The Kier molecular flexibility index (Phi) is 4.40. The maximum Gasteiger partial charge on any atom is 0.325 e. The van der Waals surface area contributed by atoms with E-state index in [1.165, 1.54) is 0 Å². The molecule has 0 radical (unpaired) electrons. The molecular weight excluding hydrogens is 300 g/mol. The number of ether oxygens (including phenoxy) is 1. The van der Waals surface area contributed by atoms with Gasteiger partial charge in [0.1, 0.15) is 18.4 Å². The fourth-order valence-electron chi connectivity index (χ4n) is 2.68. The van der Waals surface area contributed by atoms with Crippen molar-refractivity contribution < 1.29 is 19.1 Å². The molecule has 0 unspecified atom stereocenters. The first-order valence-corrected chi connectivity index (χ1v) is 7.56. The number of nitrogens with one attached hydrogen (secondary N) is 1. The number of piperidine rings is 1. The van der Waals surface area contributed by atoms with Gasteiger partial charge < -0.3 is 15.0 Å². The van der Waals surface area contributed by atoms with Gasteiger partial charge >= 0.3 is 6.03 Å². The van der Waals surface area contributed by atoms with Gasteiger partial charge in [-0.25, -0.2) is 4.79 Å². The Labute approximate surface area is 133 Å². The standard InChI is InChI=1S/C15H18N4O4/c20-13-9-17-15(22)19(13)10-14(21)18-6-3-11(4-7-18)23-12-2-1-5-16-8-12/h1-2,5,8,11H,3-4,6-7,9-10H2,(H,17,22). The van der Waals surface area contributed by atoms with Crippen molar-refractivity contribution in [3.05, 3.63) is 24.5 Å². The number of amides is 4. The number of imide groups is 1. The molecule has 8 nitrogen and oxygen atoms in total. The fourth-order valence-corrected chi connectivity index (χ4v) is 2.68. The maximum absolute atomic E-state index is 12.2. The van der Waals surface area contributed by atoms with Gasteiger partial charge in [0, 0.05) is 32.1 Å². The van der Waals surface area contributed by atoms with Crippen molar-refractivity contribution in [3.8, 4) is 5.75 Å². The Morgan fingerprint density at radius 3 is 2.74 bits per heavy atom. The van der Waals surface area contributed by atoms with Crippen molar-refractivity contribution >= 4 is 17.8 Å². The Balaban J connectivity index is 1.48. The smallest absolute Gasteiger partial charge is 0.325 e. The van der Waals surface area contributed by atoms with Gasteiger partial charge in [-0.05, 0) is 12.1 Å². The summed E-state index contributed by atoms with van der Waals surface area (Å²) in [6.45, 7) is 0.868. The first-order valence-electron chi connectivity index (χ1n) is 7.56. The quantitative estimate of drug-likeness (QED) is 0.789. The molecule has 4 amide bonds. The van der Waals surface area contributed by atoms with Crippen LogP contribution in [0.3, 0.4) is 0 Å². The molecule has 2 aliphatic heterocycles. The van der Waals surface area contributed by atoms with Crippen molar-refractivity contribution in [1.29, 1.82) is 0 Å². The molecule has 0 aromatic carbocycles. The largest absolute Gasteiger partial charge is 0.489 e. The minimum absolute atomic E-state index is 0.0346. The Morgan fingerprint density at radius 1 is 1.35 bits per heavy atom. The number of carbonyl (C=O) groups excluding carboxylic acids is 3. The topological polar surface area (TPSA) is 91.8 Å². The molecule has 0 aliphatic carbocycles. The van der Waals surface area contributed by atoms with Gasteiger partial charge in [-0.2, -0.15) is 0 Å². The van der Waals surface area contributed by atoms with Gasteiger partial charge in [-0.3, -0.25) is 19.5 Å². The van der Waals surface area contributed by atoms with Crippen LogP contribution >= 0.6 is 0 Å². The maximum atomic E-state index is 12.2. The summed E-state index contributed by atoms with van der Waals surface area (Å²) in [6.07, 6.45) is 4.81. The van der Waals surface area contributed by atoms with Crippen LogP contribution in [0.1, 0.15) is 12.8 Å². The SMILES string of the molecule is O=C(CN1C(=O)CNC1=O)N1CCC(Oc2cccnc2)CC1. The van der Waals surface area contributed by atoms with Crippen LogP contribution in [0, 0.1) is 0 Å². The van der Waals surface area contributed by atoms with Crippen LogP contribution < -0.4 is 10.1 Å². The number of nitrogens with zero attached hydrogens (tertiary/aromatic N) is 3. The molecule has 3 heterocycles. The summed E-state index contributed by atoms with van der Waals surface area (Å²) in [5, 5.41) is 2.40. The molecule has 0 saturated carbocycles. The zero-order chi connectivity index (χ0) is 16.2. The van der Waals surface area contributed by atoms with E-state index >= 15 is 0 Å². The molecule has 0 spiro atoms. The number of pyridine rings is 1. The van der Waals surface area contributed by atoms with E-state index in [0.29, 0.717) is 25.9 Å². The van der Waals surface area contributed by atoms with E-state index in [4.69, 9.17) is 4.74 Å². The number of carbonyl (C=O) groups is 3. The van der Waals surface area contributed by atoms with Crippen molar-refractivity contribution in [3.63, 3.8) is 0 Å².